The first kappa shape index (κ1) is 21.3. The van der Waals surface area contributed by atoms with Crippen molar-refractivity contribution in [1.29, 1.82) is 0 Å². The Kier molecular flexibility index (Phi) is 5.47. The summed E-state index contributed by atoms with van der Waals surface area (Å²) in [6.07, 6.45) is 5.33. The lowest BCUT2D eigenvalue weighted by Crippen LogP contribution is -2.54. The molecule has 2 aromatic rings. The first-order chi connectivity index (χ1) is 14.8. The molecule has 2 fully saturated rings. The minimum absolute atomic E-state index is 0.0235. The highest BCUT2D eigenvalue weighted by Gasteiger charge is 2.50. The van der Waals surface area contributed by atoms with Crippen LogP contribution in [0.3, 0.4) is 0 Å². The smallest absolute Gasteiger partial charge is 0.356 e. The molecule has 0 atom stereocenters. The summed E-state index contributed by atoms with van der Waals surface area (Å²) in [4.78, 5) is 33.0. The van der Waals surface area contributed by atoms with Gasteiger partial charge in [0, 0.05) is 5.54 Å². The molecule has 1 spiro atoms. The Morgan fingerprint density at radius 3 is 2.42 bits per heavy atom. The molecule has 1 aliphatic carbocycles. The van der Waals surface area contributed by atoms with E-state index in [4.69, 9.17) is 4.74 Å². The number of aromatic nitrogens is 1. The number of anilines is 1. The summed E-state index contributed by atoms with van der Waals surface area (Å²) in [7, 11) is 5.61. The van der Waals surface area contributed by atoms with E-state index >= 15 is 0 Å². The topological polar surface area (TPSA) is 74.8 Å². The number of carbonyl (C=O) groups is 2. The van der Waals surface area contributed by atoms with Crippen LogP contribution in [0.25, 0.3) is 0 Å². The number of hydrogen-bond donors (Lipinski definition) is 1. The summed E-state index contributed by atoms with van der Waals surface area (Å²) in [5.74, 6) is -0.481. The molecule has 1 saturated heterocycles. The molecule has 1 aliphatic heterocycles. The van der Waals surface area contributed by atoms with Crippen LogP contribution in [0.1, 0.15) is 47.3 Å². The van der Waals surface area contributed by atoms with Crippen LogP contribution in [-0.4, -0.2) is 55.2 Å². The van der Waals surface area contributed by atoms with E-state index in [2.05, 4.69) is 53.6 Å². The van der Waals surface area contributed by atoms with E-state index in [9.17, 15) is 9.59 Å². The number of rotatable bonds is 4. The third-order valence-electron chi connectivity index (χ3n) is 7.05. The number of aryl methyl sites for hydroxylation is 1. The van der Waals surface area contributed by atoms with E-state index in [0.717, 1.165) is 36.9 Å². The number of benzene rings is 1. The minimum Gasteiger partial charge on any atom is -0.464 e. The molecule has 7 nitrogen and oxygen atoms in total. The second kappa shape index (κ2) is 7.96. The van der Waals surface area contributed by atoms with Gasteiger partial charge in [0.1, 0.15) is 5.69 Å². The Labute approximate surface area is 183 Å². The summed E-state index contributed by atoms with van der Waals surface area (Å²) >= 11 is 0. The van der Waals surface area contributed by atoms with Gasteiger partial charge in [0.25, 0.3) is 0 Å². The molecule has 2 amide bonds. The van der Waals surface area contributed by atoms with Crippen molar-refractivity contribution in [2.24, 2.45) is 0 Å². The predicted molar refractivity (Wildman–Crippen MR) is 119 cm³/mol. The molecule has 1 saturated carbocycles. The molecular weight excluding hydrogens is 392 g/mol. The Morgan fingerprint density at radius 2 is 1.84 bits per heavy atom. The highest BCUT2D eigenvalue weighted by atomic mass is 16.5. The van der Waals surface area contributed by atoms with Crippen molar-refractivity contribution in [2.45, 2.75) is 43.7 Å². The molecule has 4 rings (SSSR count). The number of esters is 1. The van der Waals surface area contributed by atoms with Gasteiger partial charge in [0.05, 0.1) is 31.1 Å². The predicted octanol–water partition coefficient (Wildman–Crippen LogP) is 3.48. The van der Waals surface area contributed by atoms with Gasteiger partial charge in [-0.3, -0.25) is 9.80 Å². The maximum atomic E-state index is 12.9. The molecule has 0 radical (unpaired) electrons. The molecule has 1 aromatic carbocycles. The molecule has 0 bridgehead atoms. The van der Waals surface area contributed by atoms with Gasteiger partial charge in [-0.2, -0.15) is 0 Å². The number of urea groups is 1. The molecule has 7 heteroatoms. The number of carbonyl (C=O) groups excluding carboxylic acids is 2. The fourth-order valence-corrected chi connectivity index (χ4v) is 5.12. The third kappa shape index (κ3) is 3.67. The number of hydrogen-bond acceptors (Lipinski definition) is 5. The maximum absolute atomic E-state index is 12.9. The molecule has 164 valence electrons. The lowest BCUT2D eigenvalue weighted by atomic mass is 9.69. The molecule has 1 aromatic heterocycles. The van der Waals surface area contributed by atoms with Gasteiger partial charge in [-0.1, -0.05) is 30.3 Å². The Hall–Kier alpha value is -2.93. The van der Waals surface area contributed by atoms with Crippen molar-refractivity contribution < 1.29 is 14.3 Å². The number of nitrogens with zero attached hydrogens (tertiary/aromatic N) is 3. The van der Waals surface area contributed by atoms with Crippen molar-refractivity contribution in [1.82, 2.24) is 15.2 Å². The Bertz CT molecular complexity index is 982. The molecule has 0 unspecified atom stereocenters. The highest BCUT2D eigenvalue weighted by Crippen LogP contribution is 2.46. The van der Waals surface area contributed by atoms with Crippen LogP contribution in [-0.2, 0) is 10.3 Å². The van der Waals surface area contributed by atoms with Crippen molar-refractivity contribution in [3.63, 3.8) is 0 Å². The maximum Gasteiger partial charge on any atom is 0.356 e. The average molecular weight is 423 g/mol. The van der Waals surface area contributed by atoms with Crippen LogP contribution in [0.5, 0.6) is 0 Å². The largest absolute Gasteiger partial charge is 0.464 e. The van der Waals surface area contributed by atoms with Gasteiger partial charge < -0.3 is 10.1 Å². The number of pyridine rings is 1. The van der Waals surface area contributed by atoms with E-state index in [1.165, 1.54) is 12.7 Å². The van der Waals surface area contributed by atoms with Crippen molar-refractivity contribution in [3.8, 4) is 0 Å². The summed E-state index contributed by atoms with van der Waals surface area (Å²) in [5, 5.41) is 3.27. The van der Waals surface area contributed by atoms with E-state index < -0.39 is 5.97 Å². The number of ether oxygens (including phenoxy) is 1. The van der Waals surface area contributed by atoms with Crippen LogP contribution >= 0.6 is 0 Å². The van der Waals surface area contributed by atoms with Gasteiger partial charge in [0.2, 0.25) is 0 Å². The van der Waals surface area contributed by atoms with Gasteiger partial charge in [-0.05, 0) is 63.9 Å². The molecular formula is C24H30N4O3. The Balaban J connectivity index is 1.54. The SMILES string of the molecule is COC(=O)c1cc(C)c(N2C[C@]3(CC[C@](c4ccccc4)(N(C)C)CC3)NC2=O)cn1. The van der Waals surface area contributed by atoms with Gasteiger partial charge in [-0.25, -0.2) is 14.6 Å². The van der Waals surface area contributed by atoms with Crippen LogP contribution in [0.15, 0.2) is 42.6 Å². The lowest BCUT2D eigenvalue weighted by Gasteiger charge is -2.48. The van der Waals surface area contributed by atoms with Crippen LogP contribution < -0.4 is 10.2 Å². The molecule has 2 heterocycles. The van der Waals surface area contributed by atoms with E-state index in [-0.39, 0.29) is 22.8 Å². The first-order valence-electron chi connectivity index (χ1n) is 10.7. The number of nitrogens with one attached hydrogen (secondary N) is 1. The second-order valence-corrected chi connectivity index (χ2v) is 8.94. The number of methoxy groups -OCH3 is 1. The average Bonchev–Trinajstić information content (AvgIpc) is 3.09. The fraction of sp³-hybridized carbons (Fsp3) is 0.458. The highest BCUT2D eigenvalue weighted by molar-refractivity contribution is 5.96. The summed E-state index contributed by atoms with van der Waals surface area (Å²) in [6.45, 7) is 2.49. The zero-order valence-corrected chi connectivity index (χ0v) is 18.6. The summed E-state index contributed by atoms with van der Waals surface area (Å²) in [5.41, 5.74) is 2.85. The number of amides is 2. The zero-order chi connectivity index (χ0) is 22.2. The molecule has 31 heavy (non-hydrogen) atoms. The lowest BCUT2D eigenvalue weighted by molar-refractivity contribution is 0.0594. The monoisotopic (exact) mass is 422 g/mol. The van der Waals surface area contributed by atoms with E-state index in [1.807, 2.05) is 13.0 Å². The molecule has 1 N–H and O–H groups in total. The van der Waals surface area contributed by atoms with Crippen molar-refractivity contribution >= 4 is 17.7 Å². The normalized spacial score (nSPS) is 25.7. The van der Waals surface area contributed by atoms with E-state index in [0.29, 0.717) is 6.54 Å². The van der Waals surface area contributed by atoms with Gasteiger partial charge in [-0.15, -0.1) is 0 Å². The van der Waals surface area contributed by atoms with Crippen molar-refractivity contribution in [3.05, 3.63) is 59.4 Å². The zero-order valence-electron chi connectivity index (χ0n) is 18.6. The van der Waals surface area contributed by atoms with Crippen molar-refractivity contribution in [2.75, 3.05) is 32.6 Å². The summed E-state index contributed by atoms with van der Waals surface area (Å²) in [6, 6.07) is 12.2. The molecule has 2 aliphatic rings. The second-order valence-electron chi connectivity index (χ2n) is 8.94. The van der Waals surface area contributed by atoms with Crippen LogP contribution in [0, 0.1) is 6.92 Å². The van der Waals surface area contributed by atoms with E-state index in [1.54, 1.807) is 17.2 Å². The first-order valence-corrected chi connectivity index (χ1v) is 10.7. The quantitative estimate of drug-likeness (QED) is 0.764. The minimum atomic E-state index is -0.481. The Morgan fingerprint density at radius 1 is 1.16 bits per heavy atom. The standard InChI is InChI=1S/C24H30N4O3/c1-17-14-19(21(29)31-4)25-15-20(17)28-16-23(26-22(28)30)10-12-24(13-11-23,27(2)3)18-8-6-5-7-9-18/h5-9,14-15H,10-13,16H2,1-4H3,(H,26,30)/t23-,24+. The van der Waals surface area contributed by atoms with Crippen LogP contribution in [0.2, 0.25) is 0 Å². The van der Waals surface area contributed by atoms with Gasteiger partial charge in [0.15, 0.2) is 0 Å². The third-order valence-corrected chi connectivity index (χ3v) is 7.05. The summed E-state index contributed by atoms with van der Waals surface area (Å²) < 4.78 is 4.74. The van der Waals surface area contributed by atoms with Crippen LogP contribution in [0.4, 0.5) is 10.5 Å². The fourth-order valence-electron chi connectivity index (χ4n) is 5.12. The van der Waals surface area contributed by atoms with Gasteiger partial charge >= 0.3 is 12.0 Å².